The van der Waals surface area contributed by atoms with Crippen molar-refractivity contribution in [2.45, 2.75) is 31.3 Å². The Morgan fingerprint density at radius 3 is 2.67 bits per heavy atom. The number of hydrogen-bond acceptors (Lipinski definition) is 2. The summed E-state index contributed by atoms with van der Waals surface area (Å²) in [7, 11) is 0. The Morgan fingerprint density at radius 1 is 1.33 bits per heavy atom. The molecule has 1 aliphatic rings. The Hall–Kier alpha value is -1.35. The Kier molecular flexibility index (Phi) is 2.73. The SMILES string of the molecule is C[C@@H]1NC(=O)C(N)C[C@@H]1c1ccccc1. The van der Waals surface area contributed by atoms with Gasteiger partial charge in [-0.3, -0.25) is 4.79 Å². The van der Waals surface area contributed by atoms with Gasteiger partial charge in [-0.15, -0.1) is 0 Å². The quantitative estimate of drug-likeness (QED) is 0.717. The zero-order valence-electron chi connectivity index (χ0n) is 8.81. The highest BCUT2D eigenvalue weighted by atomic mass is 16.2. The molecule has 3 heteroatoms. The maximum Gasteiger partial charge on any atom is 0.237 e. The van der Waals surface area contributed by atoms with Gasteiger partial charge >= 0.3 is 0 Å². The predicted octanol–water partition coefficient (Wildman–Crippen LogP) is 1.01. The third-order valence-corrected chi connectivity index (χ3v) is 3.05. The molecule has 0 aliphatic carbocycles. The lowest BCUT2D eigenvalue weighted by atomic mass is 9.83. The van der Waals surface area contributed by atoms with E-state index in [2.05, 4.69) is 17.4 Å². The van der Waals surface area contributed by atoms with E-state index in [1.807, 2.05) is 25.1 Å². The zero-order chi connectivity index (χ0) is 10.8. The van der Waals surface area contributed by atoms with Crippen LogP contribution in [-0.2, 0) is 4.79 Å². The molecule has 1 heterocycles. The summed E-state index contributed by atoms with van der Waals surface area (Å²) in [6, 6.07) is 10.0. The number of nitrogens with two attached hydrogens (primary N) is 1. The normalized spacial score (nSPS) is 31.1. The van der Waals surface area contributed by atoms with Crippen molar-refractivity contribution in [3.05, 3.63) is 35.9 Å². The van der Waals surface area contributed by atoms with Gasteiger partial charge < -0.3 is 11.1 Å². The standard InChI is InChI=1S/C12H16N2O/c1-8-10(7-11(13)12(15)14-8)9-5-3-2-4-6-9/h2-6,8,10-11H,7,13H2,1H3,(H,14,15)/t8-,10-,11?/m0/s1. The summed E-state index contributed by atoms with van der Waals surface area (Å²) in [6.45, 7) is 2.03. The van der Waals surface area contributed by atoms with Crippen molar-refractivity contribution in [3.63, 3.8) is 0 Å². The van der Waals surface area contributed by atoms with Crippen molar-refractivity contribution in [2.75, 3.05) is 0 Å². The van der Waals surface area contributed by atoms with Crippen molar-refractivity contribution in [1.29, 1.82) is 0 Å². The second-order valence-corrected chi connectivity index (χ2v) is 4.16. The van der Waals surface area contributed by atoms with Crippen LogP contribution < -0.4 is 11.1 Å². The molecular formula is C12H16N2O. The molecule has 1 unspecified atom stereocenters. The van der Waals surface area contributed by atoms with E-state index in [0.29, 0.717) is 5.92 Å². The van der Waals surface area contributed by atoms with Gasteiger partial charge in [0, 0.05) is 12.0 Å². The van der Waals surface area contributed by atoms with Gasteiger partial charge in [0.1, 0.15) is 0 Å². The van der Waals surface area contributed by atoms with E-state index in [1.54, 1.807) is 0 Å². The maximum atomic E-state index is 11.3. The molecule has 0 aromatic heterocycles. The minimum absolute atomic E-state index is 0.0327. The molecule has 0 bridgehead atoms. The van der Waals surface area contributed by atoms with Crippen molar-refractivity contribution in [3.8, 4) is 0 Å². The summed E-state index contributed by atoms with van der Waals surface area (Å²) in [5, 5.41) is 2.91. The first-order chi connectivity index (χ1) is 7.18. The van der Waals surface area contributed by atoms with Crippen LogP contribution in [-0.4, -0.2) is 18.0 Å². The number of amides is 1. The molecule has 80 valence electrons. The first kappa shape index (κ1) is 10.2. The van der Waals surface area contributed by atoms with Gasteiger partial charge in [-0.25, -0.2) is 0 Å². The number of nitrogens with one attached hydrogen (secondary N) is 1. The van der Waals surface area contributed by atoms with E-state index < -0.39 is 0 Å². The third kappa shape index (κ3) is 2.02. The average molecular weight is 204 g/mol. The summed E-state index contributed by atoms with van der Waals surface area (Å²) >= 11 is 0. The van der Waals surface area contributed by atoms with E-state index in [0.717, 1.165) is 6.42 Å². The van der Waals surface area contributed by atoms with Crippen LogP contribution in [0.25, 0.3) is 0 Å². The Labute approximate surface area is 89.7 Å². The molecular weight excluding hydrogens is 188 g/mol. The first-order valence-corrected chi connectivity index (χ1v) is 5.29. The number of piperidine rings is 1. The summed E-state index contributed by atoms with van der Waals surface area (Å²) in [4.78, 5) is 11.3. The van der Waals surface area contributed by atoms with Gasteiger partial charge in [-0.1, -0.05) is 30.3 Å². The van der Waals surface area contributed by atoms with Gasteiger partial charge in [0.15, 0.2) is 0 Å². The number of benzene rings is 1. The second-order valence-electron chi connectivity index (χ2n) is 4.16. The number of rotatable bonds is 1. The summed E-state index contributed by atoms with van der Waals surface area (Å²) in [6.07, 6.45) is 0.733. The highest BCUT2D eigenvalue weighted by Gasteiger charge is 2.31. The molecule has 2 rings (SSSR count). The Morgan fingerprint density at radius 2 is 2.00 bits per heavy atom. The van der Waals surface area contributed by atoms with Crippen LogP contribution in [0, 0.1) is 0 Å². The third-order valence-electron chi connectivity index (χ3n) is 3.05. The fraction of sp³-hybridized carbons (Fsp3) is 0.417. The van der Waals surface area contributed by atoms with Crippen molar-refractivity contribution < 1.29 is 4.79 Å². The van der Waals surface area contributed by atoms with Crippen molar-refractivity contribution in [1.82, 2.24) is 5.32 Å². The predicted molar refractivity (Wildman–Crippen MR) is 59.4 cm³/mol. The summed E-state index contributed by atoms with van der Waals surface area (Å²) < 4.78 is 0. The maximum absolute atomic E-state index is 11.3. The van der Waals surface area contributed by atoms with Gasteiger partial charge in [-0.2, -0.15) is 0 Å². The van der Waals surface area contributed by atoms with Crippen LogP contribution in [0.4, 0.5) is 0 Å². The van der Waals surface area contributed by atoms with Crippen LogP contribution in [0.3, 0.4) is 0 Å². The molecule has 1 aromatic rings. The molecule has 0 saturated carbocycles. The Bertz CT molecular complexity index is 350. The number of hydrogen-bond donors (Lipinski definition) is 2. The molecule has 1 aromatic carbocycles. The van der Waals surface area contributed by atoms with E-state index >= 15 is 0 Å². The van der Waals surface area contributed by atoms with Gasteiger partial charge in [0.05, 0.1) is 6.04 Å². The molecule has 3 atom stereocenters. The molecule has 1 amide bonds. The van der Waals surface area contributed by atoms with E-state index in [1.165, 1.54) is 5.56 Å². The molecule has 1 fully saturated rings. The lowest BCUT2D eigenvalue weighted by Crippen LogP contribution is -2.52. The largest absolute Gasteiger partial charge is 0.352 e. The Balaban J connectivity index is 2.20. The smallest absolute Gasteiger partial charge is 0.237 e. The molecule has 1 aliphatic heterocycles. The first-order valence-electron chi connectivity index (χ1n) is 5.29. The van der Waals surface area contributed by atoms with E-state index in [4.69, 9.17) is 5.73 Å². The molecule has 3 N–H and O–H groups in total. The monoisotopic (exact) mass is 204 g/mol. The lowest BCUT2D eigenvalue weighted by molar-refractivity contribution is -0.124. The van der Waals surface area contributed by atoms with E-state index in [9.17, 15) is 4.79 Å². The fourth-order valence-corrected chi connectivity index (χ4v) is 2.14. The lowest BCUT2D eigenvalue weighted by Gasteiger charge is -2.33. The molecule has 0 radical (unpaired) electrons. The second kappa shape index (κ2) is 4.03. The van der Waals surface area contributed by atoms with Gasteiger partial charge in [-0.05, 0) is 18.9 Å². The van der Waals surface area contributed by atoms with Crippen LogP contribution >= 0.6 is 0 Å². The molecule has 0 spiro atoms. The van der Waals surface area contributed by atoms with Crippen molar-refractivity contribution >= 4 is 5.91 Å². The van der Waals surface area contributed by atoms with Crippen LogP contribution in [0.5, 0.6) is 0 Å². The fourth-order valence-electron chi connectivity index (χ4n) is 2.14. The summed E-state index contributed by atoms with van der Waals surface area (Å²) in [5.41, 5.74) is 7.01. The average Bonchev–Trinajstić information content (AvgIpc) is 2.25. The number of carbonyl (C=O) groups is 1. The topological polar surface area (TPSA) is 55.1 Å². The molecule has 15 heavy (non-hydrogen) atoms. The highest BCUT2D eigenvalue weighted by molar-refractivity contribution is 5.83. The van der Waals surface area contributed by atoms with Crippen LogP contribution in [0.15, 0.2) is 30.3 Å². The minimum Gasteiger partial charge on any atom is -0.352 e. The summed E-state index contributed by atoms with van der Waals surface area (Å²) in [5.74, 6) is 0.300. The van der Waals surface area contributed by atoms with Gasteiger partial charge in [0.25, 0.3) is 0 Å². The highest BCUT2D eigenvalue weighted by Crippen LogP contribution is 2.27. The molecule has 3 nitrogen and oxygen atoms in total. The van der Waals surface area contributed by atoms with E-state index in [-0.39, 0.29) is 18.0 Å². The van der Waals surface area contributed by atoms with Crippen molar-refractivity contribution in [2.24, 2.45) is 5.73 Å². The zero-order valence-corrected chi connectivity index (χ0v) is 8.81. The minimum atomic E-state index is -0.369. The van der Waals surface area contributed by atoms with Crippen LogP contribution in [0.1, 0.15) is 24.8 Å². The van der Waals surface area contributed by atoms with Gasteiger partial charge in [0.2, 0.25) is 5.91 Å². The number of carbonyl (C=O) groups excluding carboxylic acids is 1. The molecule has 1 saturated heterocycles. The van der Waals surface area contributed by atoms with Crippen LogP contribution in [0.2, 0.25) is 0 Å².